The zero-order valence-corrected chi connectivity index (χ0v) is 10.2. The predicted molar refractivity (Wildman–Crippen MR) is 57.4 cm³/mol. The van der Waals surface area contributed by atoms with Crippen LogP contribution in [0.1, 0.15) is 6.42 Å². The number of halogens is 3. The van der Waals surface area contributed by atoms with Gasteiger partial charge in [0, 0.05) is 13.0 Å². The first-order chi connectivity index (χ1) is 9.10. The molecule has 0 aromatic carbocycles. The number of carboxylic acid groups (broad SMARTS) is 1. The molecule has 0 saturated carbocycles. The van der Waals surface area contributed by atoms with Crippen molar-refractivity contribution in [1.82, 2.24) is 10.2 Å². The number of aliphatic carboxylic acids is 1. The SMILES string of the molecule is O=C(O)C(O)CNC(=O)C1CC(=O)N(CC(F)(F)F)C1. The van der Waals surface area contributed by atoms with Crippen LogP contribution in [0.4, 0.5) is 13.2 Å². The topological polar surface area (TPSA) is 107 Å². The first-order valence-electron chi connectivity index (χ1n) is 5.63. The number of alkyl halides is 3. The Balaban J connectivity index is 2.48. The third-order valence-corrected chi connectivity index (χ3v) is 2.71. The molecule has 2 amide bonds. The summed E-state index contributed by atoms with van der Waals surface area (Å²) in [5.74, 6) is -4.07. The average Bonchev–Trinajstić information content (AvgIpc) is 2.65. The van der Waals surface area contributed by atoms with E-state index in [2.05, 4.69) is 5.32 Å². The second-order valence-electron chi connectivity index (χ2n) is 4.39. The Labute approximate surface area is 111 Å². The van der Waals surface area contributed by atoms with E-state index in [0.29, 0.717) is 4.90 Å². The molecule has 2 atom stereocenters. The molecule has 10 heteroatoms. The van der Waals surface area contributed by atoms with Gasteiger partial charge in [-0.2, -0.15) is 13.2 Å². The highest BCUT2D eigenvalue weighted by atomic mass is 19.4. The van der Waals surface area contributed by atoms with Gasteiger partial charge in [0.1, 0.15) is 6.54 Å². The van der Waals surface area contributed by atoms with E-state index in [1.165, 1.54) is 0 Å². The summed E-state index contributed by atoms with van der Waals surface area (Å²) in [6.07, 6.45) is -6.71. The molecule has 0 bridgehead atoms. The quantitative estimate of drug-likeness (QED) is 0.601. The first-order valence-corrected chi connectivity index (χ1v) is 5.63. The summed E-state index contributed by atoms with van der Waals surface area (Å²) in [5, 5.41) is 19.4. The molecule has 20 heavy (non-hydrogen) atoms. The lowest BCUT2D eigenvalue weighted by Crippen LogP contribution is -2.41. The number of aliphatic hydroxyl groups is 1. The molecule has 1 fully saturated rings. The van der Waals surface area contributed by atoms with Gasteiger partial charge in [-0.15, -0.1) is 0 Å². The molecule has 114 valence electrons. The van der Waals surface area contributed by atoms with Crippen molar-refractivity contribution >= 4 is 17.8 Å². The summed E-state index contributed by atoms with van der Waals surface area (Å²) in [5.41, 5.74) is 0. The molecular formula is C10H13F3N2O5. The van der Waals surface area contributed by atoms with Gasteiger partial charge in [-0.3, -0.25) is 9.59 Å². The van der Waals surface area contributed by atoms with E-state index in [-0.39, 0.29) is 13.0 Å². The number of hydrogen-bond acceptors (Lipinski definition) is 4. The molecule has 0 spiro atoms. The fourth-order valence-corrected chi connectivity index (χ4v) is 1.75. The van der Waals surface area contributed by atoms with Crippen molar-refractivity contribution in [3.8, 4) is 0 Å². The van der Waals surface area contributed by atoms with Gasteiger partial charge < -0.3 is 20.4 Å². The maximum absolute atomic E-state index is 12.2. The fourth-order valence-electron chi connectivity index (χ4n) is 1.75. The maximum Gasteiger partial charge on any atom is 0.406 e. The minimum absolute atomic E-state index is 0.370. The second-order valence-corrected chi connectivity index (χ2v) is 4.39. The fraction of sp³-hybridized carbons (Fsp3) is 0.700. The molecule has 0 aromatic heterocycles. The molecular weight excluding hydrogens is 285 g/mol. The number of carbonyl (C=O) groups excluding carboxylic acids is 2. The lowest BCUT2D eigenvalue weighted by Gasteiger charge is -2.18. The van der Waals surface area contributed by atoms with E-state index >= 15 is 0 Å². The number of nitrogens with zero attached hydrogens (tertiary/aromatic N) is 1. The zero-order chi connectivity index (χ0) is 15.5. The average molecular weight is 298 g/mol. The van der Waals surface area contributed by atoms with Crippen LogP contribution in [-0.2, 0) is 14.4 Å². The minimum atomic E-state index is -4.54. The van der Waals surface area contributed by atoms with Crippen molar-refractivity contribution in [2.45, 2.75) is 18.7 Å². The molecule has 0 aliphatic carbocycles. The lowest BCUT2D eigenvalue weighted by atomic mass is 10.1. The van der Waals surface area contributed by atoms with Crippen LogP contribution in [0.3, 0.4) is 0 Å². The number of likely N-dealkylation sites (tertiary alicyclic amines) is 1. The van der Waals surface area contributed by atoms with Gasteiger partial charge in [0.2, 0.25) is 11.8 Å². The van der Waals surface area contributed by atoms with Crippen molar-refractivity contribution in [2.24, 2.45) is 5.92 Å². The number of aliphatic hydroxyl groups excluding tert-OH is 1. The van der Waals surface area contributed by atoms with Gasteiger partial charge in [-0.05, 0) is 0 Å². The van der Waals surface area contributed by atoms with Gasteiger partial charge in [-0.1, -0.05) is 0 Å². The van der Waals surface area contributed by atoms with E-state index in [4.69, 9.17) is 10.2 Å². The van der Waals surface area contributed by atoms with Crippen LogP contribution in [0.25, 0.3) is 0 Å². The van der Waals surface area contributed by atoms with Gasteiger partial charge >= 0.3 is 12.1 Å². The molecule has 1 heterocycles. The molecule has 0 radical (unpaired) electrons. The van der Waals surface area contributed by atoms with Crippen LogP contribution in [0.2, 0.25) is 0 Å². The second kappa shape index (κ2) is 6.07. The summed E-state index contributed by atoms with van der Waals surface area (Å²) in [6, 6.07) is 0. The van der Waals surface area contributed by atoms with E-state index in [1.807, 2.05) is 0 Å². The molecule has 0 aromatic rings. The normalized spacial score (nSPS) is 20.9. The first kappa shape index (κ1) is 16.2. The molecule has 3 N–H and O–H groups in total. The molecule has 2 unspecified atom stereocenters. The third kappa shape index (κ3) is 4.68. The highest BCUT2D eigenvalue weighted by Crippen LogP contribution is 2.23. The largest absolute Gasteiger partial charge is 0.479 e. The molecule has 7 nitrogen and oxygen atoms in total. The van der Waals surface area contributed by atoms with Crippen LogP contribution >= 0.6 is 0 Å². The summed E-state index contributed by atoms with van der Waals surface area (Å²) >= 11 is 0. The number of carboxylic acids is 1. The van der Waals surface area contributed by atoms with Crippen LogP contribution in [0, 0.1) is 5.92 Å². The standard InChI is InChI=1S/C10H13F3N2O5/c11-10(12,13)4-15-3-5(1-7(15)17)8(18)14-2-6(16)9(19)20/h5-6,16H,1-4H2,(H,14,18)(H,19,20). The van der Waals surface area contributed by atoms with Crippen molar-refractivity contribution in [1.29, 1.82) is 0 Å². The van der Waals surface area contributed by atoms with Crippen LogP contribution in [0.15, 0.2) is 0 Å². The van der Waals surface area contributed by atoms with Crippen LogP contribution < -0.4 is 5.32 Å². The lowest BCUT2D eigenvalue weighted by molar-refractivity contribution is -0.157. The summed E-state index contributed by atoms with van der Waals surface area (Å²) in [4.78, 5) is 33.7. The number of nitrogens with one attached hydrogen (secondary N) is 1. The highest BCUT2D eigenvalue weighted by molar-refractivity contribution is 5.89. The Bertz CT molecular complexity index is 412. The Morgan fingerprint density at radius 2 is 2.05 bits per heavy atom. The van der Waals surface area contributed by atoms with Crippen LogP contribution in [0.5, 0.6) is 0 Å². The zero-order valence-electron chi connectivity index (χ0n) is 10.2. The van der Waals surface area contributed by atoms with Gasteiger partial charge in [0.15, 0.2) is 6.10 Å². The number of amides is 2. The smallest absolute Gasteiger partial charge is 0.406 e. The summed E-state index contributed by atoms with van der Waals surface area (Å²) in [7, 11) is 0. The Morgan fingerprint density at radius 1 is 1.45 bits per heavy atom. The molecule has 1 saturated heterocycles. The van der Waals surface area contributed by atoms with Gasteiger partial charge in [0.25, 0.3) is 0 Å². The van der Waals surface area contributed by atoms with E-state index < -0.39 is 49.1 Å². The van der Waals surface area contributed by atoms with Crippen LogP contribution in [-0.4, -0.2) is 64.8 Å². The molecule has 1 rings (SSSR count). The van der Waals surface area contributed by atoms with Gasteiger partial charge in [0.05, 0.1) is 12.5 Å². The van der Waals surface area contributed by atoms with Crippen molar-refractivity contribution in [2.75, 3.05) is 19.6 Å². The highest BCUT2D eigenvalue weighted by Gasteiger charge is 2.40. The number of hydrogen-bond donors (Lipinski definition) is 3. The van der Waals surface area contributed by atoms with Crippen molar-refractivity contribution in [3.63, 3.8) is 0 Å². The Hall–Kier alpha value is -1.84. The summed E-state index contributed by atoms with van der Waals surface area (Å²) in [6.45, 7) is -2.38. The van der Waals surface area contributed by atoms with E-state index in [1.54, 1.807) is 0 Å². The third-order valence-electron chi connectivity index (χ3n) is 2.71. The predicted octanol–water partition coefficient (Wildman–Crippen LogP) is -1.04. The molecule has 1 aliphatic heterocycles. The van der Waals surface area contributed by atoms with E-state index in [9.17, 15) is 27.6 Å². The summed E-state index contributed by atoms with van der Waals surface area (Å²) < 4.78 is 36.5. The minimum Gasteiger partial charge on any atom is -0.479 e. The monoisotopic (exact) mass is 298 g/mol. The van der Waals surface area contributed by atoms with Gasteiger partial charge in [-0.25, -0.2) is 4.79 Å². The number of rotatable bonds is 5. The van der Waals surface area contributed by atoms with E-state index in [0.717, 1.165) is 0 Å². The Morgan fingerprint density at radius 3 is 2.55 bits per heavy atom. The van der Waals surface area contributed by atoms with Crippen molar-refractivity contribution < 1.29 is 37.8 Å². The van der Waals surface area contributed by atoms with Crippen molar-refractivity contribution in [3.05, 3.63) is 0 Å². The molecule has 1 aliphatic rings. The Kier molecular flexibility index (Phi) is 4.93. The maximum atomic E-state index is 12.2. The number of carbonyl (C=O) groups is 3.